The van der Waals surface area contributed by atoms with Crippen LogP contribution in [0.4, 0.5) is 11.5 Å². The van der Waals surface area contributed by atoms with Gasteiger partial charge in [0.25, 0.3) is 5.91 Å². The highest BCUT2D eigenvalue weighted by Crippen LogP contribution is 2.23. The third-order valence-electron chi connectivity index (χ3n) is 5.15. The number of hydrogen-bond acceptors (Lipinski definition) is 6. The van der Waals surface area contributed by atoms with E-state index >= 15 is 0 Å². The lowest BCUT2D eigenvalue weighted by Gasteiger charge is -2.26. The van der Waals surface area contributed by atoms with Crippen molar-refractivity contribution in [3.05, 3.63) is 46.9 Å². The predicted molar refractivity (Wildman–Crippen MR) is 116 cm³/mol. The first-order valence-corrected chi connectivity index (χ1v) is 10.4. The molecule has 1 aromatic carbocycles. The first kappa shape index (κ1) is 21.2. The van der Waals surface area contributed by atoms with Gasteiger partial charge in [-0.1, -0.05) is 32.0 Å². The van der Waals surface area contributed by atoms with Crippen LogP contribution in [0.3, 0.4) is 0 Å². The summed E-state index contributed by atoms with van der Waals surface area (Å²) in [6, 6.07) is 7.87. The molecule has 1 aliphatic heterocycles. The minimum Gasteiger partial charge on any atom is -0.379 e. The molecule has 7 heteroatoms. The standard InChI is InChI=1S/C22H31N5O2/c1-4-17-7-6-8-18(5-2)21(17)26-22(28)19-15-20(25-16(3)24-19)23-9-10-27-11-13-29-14-12-27/h6-8,15H,4-5,9-14H2,1-3H3,(H,26,28)(H,23,24,25). The summed E-state index contributed by atoms with van der Waals surface area (Å²) in [6.07, 6.45) is 1.72. The van der Waals surface area contributed by atoms with E-state index in [-0.39, 0.29) is 5.91 Å². The molecule has 29 heavy (non-hydrogen) atoms. The van der Waals surface area contributed by atoms with Crippen molar-refractivity contribution in [3.63, 3.8) is 0 Å². The topological polar surface area (TPSA) is 79.4 Å². The molecular formula is C22H31N5O2. The van der Waals surface area contributed by atoms with Crippen molar-refractivity contribution in [3.8, 4) is 0 Å². The minimum absolute atomic E-state index is 0.206. The average molecular weight is 398 g/mol. The van der Waals surface area contributed by atoms with E-state index in [0.29, 0.717) is 17.3 Å². The summed E-state index contributed by atoms with van der Waals surface area (Å²) in [6.45, 7) is 11.1. The second-order valence-electron chi connectivity index (χ2n) is 7.18. The molecule has 0 saturated carbocycles. The lowest BCUT2D eigenvalue weighted by Crippen LogP contribution is -2.39. The quantitative estimate of drug-likeness (QED) is 0.713. The number of aryl methyl sites for hydroxylation is 3. The van der Waals surface area contributed by atoms with Crippen LogP contribution in [0, 0.1) is 6.92 Å². The molecule has 2 N–H and O–H groups in total. The number of hydrogen-bond donors (Lipinski definition) is 2. The molecule has 1 aromatic heterocycles. The molecule has 1 aliphatic rings. The molecule has 156 valence electrons. The molecule has 1 saturated heterocycles. The Morgan fingerprint density at radius 1 is 1.14 bits per heavy atom. The number of morpholine rings is 1. The number of benzene rings is 1. The Hall–Kier alpha value is -2.51. The summed E-state index contributed by atoms with van der Waals surface area (Å²) in [5.41, 5.74) is 3.54. The van der Waals surface area contributed by atoms with Gasteiger partial charge in [0.2, 0.25) is 0 Å². The number of carbonyl (C=O) groups excluding carboxylic acids is 1. The van der Waals surface area contributed by atoms with E-state index in [2.05, 4.69) is 51.5 Å². The fourth-order valence-corrected chi connectivity index (χ4v) is 3.52. The zero-order valence-corrected chi connectivity index (χ0v) is 17.6. The molecule has 0 unspecified atom stereocenters. The summed E-state index contributed by atoms with van der Waals surface area (Å²) < 4.78 is 5.38. The van der Waals surface area contributed by atoms with Crippen LogP contribution in [0.15, 0.2) is 24.3 Å². The van der Waals surface area contributed by atoms with Crippen LogP contribution >= 0.6 is 0 Å². The summed E-state index contributed by atoms with van der Waals surface area (Å²) in [5.74, 6) is 1.05. The summed E-state index contributed by atoms with van der Waals surface area (Å²) in [4.78, 5) is 24.1. The molecule has 1 fully saturated rings. The van der Waals surface area contributed by atoms with Gasteiger partial charge in [-0.25, -0.2) is 9.97 Å². The molecular weight excluding hydrogens is 366 g/mol. The van der Waals surface area contributed by atoms with E-state index in [9.17, 15) is 4.79 Å². The number of nitrogens with one attached hydrogen (secondary N) is 2. The lowest BCUT2D eigenvalue weighted by molar-refractivity contribution is 0.0398. The zero-order valence-electron chi connectivity index (χ0n) is 17.6. The molecule has 2 heterocycles. The third-order valence-corrected chi connectivity index (χ3v) is 5.15. The maximum atomic E-state index is 12.9. The highest BCUT2D eigenvalue weighted by Gasteiger charge is 2.15. The van der Waals surface area contributed by atoms with E-state index < -0.39 is 0 Å². The van der Waals surface area contributed by atoms with Crippen LogP contribution in [0.2, 0.25) is 0 Å². The number of para-hydroxylation sites is 1. The Labute approximate surface area is 172 Å². The lowest BCUT2D eigenvalue weighted by atomic mass is 10.0. The van der Waals surface area contributed by atoms with Gasteiger partial charge in [0, 0.05) is 37.9 Å². The second-order valence-corrected chi connectivity index (χ2v) is 7.18. The van der Waals surface area contributed by atoms with Crippen LogP contribution in [-0.4, -0.2) is 60.2 Å². The van der Waals surface area contributed by atoms with Crippen molar-refractivity contribution in [1.29, 1.82) is 0 Å². The summed E-state index contributed by atoms with van der Waals surface area (Å²) in [7, 11) is 0. The number of rotatable bonds is 8. The van der Waals surface area contributed by atoms with Gasteiger partial charge in [0.05, 0.1) is 13.2 Å². The largest absolute Gasteiger partial charge is 0.379 e. The maximum absolute atomic E-state index is 12.9. The van der Waals surface area contributed by atoms with Crippen LogP contribution < -0.4 is 10.6 Å². The Balaban J connectivity index is 1.68. The Bertz CT molecular complexity index is 812. The van der Waals surface area contributed by atoms with Crippen LogP contribution in [0.25, 0.3) is 0 Å². The summed E-state index contributed by atoms with van der Waals surface area (Å²) in [5, 5.41) is 6.40. The van der Waals surface area contributed by atoms with E-state index in [1.54, 1.807) is 13.0 Å². The van der Waals surface area contributed by atoms with Gasteiger partial charge in [-0.15, -0.1) is 0 Å². The van der Waals surface area contributed by atoms with E-state index in [1.165, 1.54) is 0 Å². The van der Waals surface area contributed by atoms with Gasteiger partial charge >= 0.3 is 0 Å². The molecule has 0 bridgehead atoms. The Kier molecular flexibility index (Phi) is 7.55. The molecule has 1 amide bonds. The first-order valence-electron chi connectivity index (χ1n) is 10.4. The maximum Gasteiger partial charge on any atom is 0.274 e. The van der Waals surface area contributed by atoms with Gasteiger partial charge in [-0.3, -0.25) is 9.69 Å². The Morgan fingerprint density at radius 2 is 1.83 bits per heavy atom. The predicted octanol–water partition coefficient (Wildman–Crippen LogP) is 2.91. The number of anilines is 2. The number of ether oxygens (including phenoxy) is 1. The van der Waals surface area contributed by atoms with Crippen LogP contribution in [0.5, 0.6) is 0 Å². The minimum atomic E-state index is -0.206. The number of aromatic nitrogens is 2. The number of amides is 1. The van der Waals surface area contributed by atoms with Gasteiger partial charge in [0.1, 0.15) is 17.3 Å². The van der Waals surface area contributed by atoms with Crippen molar-refractivity contribution < 1.29 is 9.53 Å². The van der Waals surface area contributed by atoms with E-state index in [0.717, 1.165) is 69.0 Å². The first-order chi connectivity index (χ1) is 14.1. The smallest absolute Gasteiger partial charge is 0.274 e. The highest BCUT2D eigenvalue weighted by molar-refractivity contribution is 6.04. The van der Waals surface area contributed by atoms with E-state index in [1.807, 2.05) is 6.07 Å². The van der Waals surface area contributed by atoms with Crippen LogP contribution in [0.1, 0.15) is 41.3 Å². The Morgan fingerprint density at radius 3 is 2.48 bits per heavy atom. The van der Waals surface area contributed by atoms with Gasteiger partial charge in [0.15, 0.2) is 0 Å². The molecule has 0 radical (unpaired) electrons. The normalized spacial score (nSPS) is 14.6. The number of carbonyl (C=O) groups is 1. The molecule has 7 nitrogen and oxygen atoms in total. The van der Waals surface area contributed by atoms with Gasteiger partial charge in [-0.2, -0.15) is 0 Å². The molecule has 0 atom stereocenters. The van der Waals surface area contributed by atoms with Gasteiger partial charge in [-0.05, 0) is 30.9 Å². The monoisotopic (exact) mass is 397 g/mol. The fraction of sp³-hybridized carbons (Fsp3) is 0.500. The van der Waals surface area contributed by atoms with E-state index in [4.69, 9.17) is 4.74 Å². The number of nitrogens with zero attached hydrogens (tertiary/aromatic N) is 3. The third kappa shape index (κ3) is 5.74. The highest BCUT2D eigenvalue weighted by atomic mass is 16.5. The van der Waals surface area contributed by atoms with Crippen molar-refractivity contribution in [1.82, 2.24) is 14.9 Å². The van der Waals surface area contributed by atoms with Gasteiger partial charge < -0.3 is 15.4 Å². The van der Waals surface area contributed by atoms with Crippen LogP contribution in [-0.2, 0) is 17.6 Å². The molecule has 3 rings (SSSR count). The SMILES string of the molecule is CCc1cccc(CC)c1NC(=O)c1cc(NCCN2CCOCC2)nc(C)n1. The zero-order chi connectivity index (χ0) is 20.6. The average Bonchev–Trinajstić information content (AvgIpc) is 2.74. The molecule has 0 spiro atoms. The van der Waals surface area contributed by atoms with Crippen molar-refractivity contribution in [2.45, 2.75) is 33.6 Å². The van der Waals surface area contributed by atoms with Crippen molar-refractivity contribution in [2.75, 3.05) is 50.0 Å². The molecule has 2 aromatic rings. The summed E-state index contributed by atoms with van der Waals surface area (Å²) >= 11 is 0. The molecule has 0 aliphatic carbocycles. The second kappa shape index (κ2) is 10.3. The fourth-order valence-electron chi connectivity index (χ4n) is 3.52. The van der Waals surface area contributed by atoms with Crippen molar-refractivity contribution in [2.24, 2.45) is 0 Å². The van der Waals surface area contributed by atoms with Crippen molar-refractivity contribution >= 4 is 17.4 Å².